The molecule has 43 heteroatoms. The van der Waals surface area contributed by atoms with Crippen LogP contribution in [0.3, 0.4) is 0 Å². The minimum absolute atomic E-state index is 0.00635. The molecule has 3 atom stereocenters. The zero-order chi connectivity index (χ0) is 87.8. The number of primary sulfonamides is 4. The van der Waals surface area contributed by atoms with Crippen molar-refractivity contribution in [2.24, 2.45) is 20.6 Å². The molecule has 12 N–H and O–H groups in total. The third-order valence-electron chi connectivity index (χ3n) is 21.0. The zero-order valence-corrected chi connectivity index (χ0v) is 71.9. The quantitative estimate of drug-likeness (QED) is 0.0473. The van der Waals surface area contributed by atoms with Gasteiger partial charge in [0.25, 0.3) is 23.6 Å². The Morgan fingerprint density at radius 1 is 0.336 bits per heavy atom. The zero-order valence-electron chi connectivity index (χ0n) is 66.4. The first kappa shape index (κ1) is 87.5. The number of sulfonamides is 4. The fourth-order valence-electron chi connectivity index (χ4n) is 14.4. The predicted octanol–water partition coefficient (Wildman–Crippen LogP) is 10.0. The number of nitrogens with two attached hydrogens (primary N) is 4. The van der Waals surface area contributed by atoms with Crippen LogP contribution in [0.2, 0.25) is 15.1 Å². The average Bonchev–Trinajstić information content (AvgIpc) is 0.748. The summed E-state index contributed by atoms with van der Waals surface area (Å²) in [6.45, 7) is 0. The van der Waals surface area contributed by atoms with Gasteiger partial charge in [0, 0.05) is 111 Å². The highest BCUT2D eigenvalue weighted by Crippen LogP contribution is 2.47. The topological polar surface area (TPSA) is 486 Å². The first-order valence-electron chi connectivity index (χ1n) is 37.1. The molecule has 4 aliphatic heterocycles. The molecule has 634 valence electrons. The first-order chi connectivity index (χ1) is 57.7. The Kier molecular flexibility index (Phi) is 25.1. The second kappa shape index (κ2) is 35.0. The second-order valence-electron chi connectivity index (χ2n) is 28.7. The van der Waals surface area contributed by atoms with Crippen LogP contribution >= 0.6 is 34.8 Å². The molecule has 4 amide bonds. The van der Waals surface area contributed by atoms with Crippen LogP contribution in [-0.2, 0) is 59.3 Å². The summed E-state index contributed by atoms with van der Waals surface area (Å²) >= 11 is 19.1. The van der Waals surface area contributed by atoms with E-state index in [-0.39, 0.29) is 61.1 Å². The molecule has 1 spiro atoms. The van der Waals surface area contributed by atoms with Crippen LogP contribution < -0.4 is 81.0 Å². The highest BCUT2D eigenvalue weighted by molar-refractivity contribution is 7.90. The molecular weight excluding hydrogens is 1710 g/mol. The molecule has 122 heavy (non-hydrogen) atoms. The Hall–Kier alpha value is -12.4. The molecule has 5 aliphatic rings. The number of benzene rings is 7. The Bertz CT molecular complexity index is 5910. The number of carbonyl (C=O) groups is 4. The van der Waals surface area contributed by atoms with E-state index in [2.05, 4.69) is 61.1 Å². The van der Waals surface area contributed by atoms with Gasteiger partial charge < -0.3 is 60.5 Å². The van der Waals surface area contributed by atoms with Gasteiger partial charge in [0.2, 0.25) is 63.9 Å². The van der Waals surface area contributed by atoms with Crippen molar-refractivity contribution in [2.45, 2.75) is 75.4 Å². The third kappa shape index (κ3) is 18.3. The molecule has 8 heterocycles. The molecule has 1 fully saturated rings. The van der Waals surface area contributed by atoms with Crippen molar-refractivity contribution >= 4 is 191 Å². The number of hydrogen-bond donors (Lipinski definition) is 8. The number of amides is 4. The lowest BCUT2D eigenvalue weighted by Crippen LogP contribution is -2.62. The number of fused-ring (bicyclic) bond motifs is 4. The number of anilines is 16. The molecular formula is C79H81Cl3N24O12S4. The fraction of sp³-hybridized carbons (Fsp3) is 0.215. The summed E-state index contributed by atoms with van der Waals surface area (Å²) in [4.78, 5) is 101. The Morgan fingerprint density at radius 3 is 0.820 bits per heavy atom. The SMILES string of the molecule is CN1C(=O)C(c2ccccc2Cl)N(C)c2nc(Nc3ccc(S(N)(=O)=O)cc3)ncc21.CN1C(=O)C2(CCCCC2)N(C)c2nc(Nc3ccc(S(N)(=O)=O)cc3)ncc21.CN1C(=O)[C@@H](c2ccccc2Cl)N(C)c2nc(Nc3ccc(S(N)(=O)=O)cc3)ncc21.CN1C(=O)[C@H](c2ccccc2Cl)N(C)c2nc(Nc3ccc(S(N)(=O)=O)cc3)ncc21. The molecule has 1 aliphatic carbocycles. The van der Waals surface area contributed by atoms with Gasteiger partial charge in [-0.05, 0) is 128 Å². The first-order valence-corrected chi connectivity index (χ1v) is 44.4. The van der Waals surface area contributed by atoms with Crippen LogP contribution in [0.1, 0.15) is 66.9 Å². The van der Waals surface area contributed by atoms with Crippen LogP contribution in [0.4, 0.5) is 92.6 Å². The smallest absolute Gasteiger partial charge is 0.254 e. The Labute approximate surface area is 718 Å². The second-order valence-corrected chi connectivity index (χ2v) is 36.2. The van der Waals surface area contributed by atoms with Crippen LogP contribution in [-0.4, -0.2) is 159 Å². The van der Waals surface area contributed by atoms with Gasteiger partial charge >= 0.3 is 0 Å². The highest BCUT2D eigenvalue weighted by Gasteiger charge is 2.50. The summed E-state index contributed by atoms with van der Waals surface area (Å²) in [7, 11) is -1.05. The number of hydrogen-bond acceptors (Lipinski definition) is 28. The lowest BCUT2D eigenvalue weighted by molar-refractivity contribution is -0.125. The number of aromatic nitrogens is 8. The molecule has 36 nitrogen and oxygen atoms in total. The maximum absolute atomic E-state index is 13.1. The highest BCUT2D eigenvalue weighted by atomic mass is 35.5. The fourth-order valence-corrected chi connectivity index (χ4v) is 17.2. The van der Waals surface area contributed by atoms with Gasteiger partial charge in [0.1, 0.15) is 46.4 Å². The van der Waals surface area contributed by atoms with E-state index in [1.807, 2.05) is 66.5 Å². The van der Waals surface area contributed by atoms with Crippen molar-refractivity contribution in [1.82, 2.24) is 39.9 Å². The van der Waals surface area contributed by atoms with Gasteiger partial charge in [-0.2, -0.15) is 19.9 Å². The van der Waals surface area contributed by atoms with E-state index >= 15 is 0 Å². The minimum Gasteiger partial charge on any atom is -0.343 e. The van der Waals surface area contributed by atoms with E-state index < -0.39 is 63.8 Å². The van der Waals surface area contributed by atoms with E-state index in [1.54, 1.807) is 160 Å². The predicted molar refractivity (Wildman–Crippen MR) is 468 cm³/mol. The van der Waals surface area contributed by atoms with E-state index in [4.69, 9.17) is 55.4 Å². The van der Waals surface area contributed by atoms with E-state index in [0.29, 0.717) is 106 Å². The molecule has 1 unspecified atom stereocenters. The summed E-state index contributed by atoms with van der Waals surface area (Å²) in [5.74, 6) is 3.22. The van der Waals surface area contributed by atoms with Crippen molar-refractivity contribution in [3.63, 3.8) is 0 Å². The number of nitrogens with zero attached hydrogens (tertiary/aromatic N) is 16. The van der Waals surface area contributed by atoms with Crippen molar-refractivity contribution in [2.75, 3.05) is 117 Å². The number of rotatable bonds is 15. The van der Waals surface area contributed by atoms with Crippen LogP contribution in [0.5, 0.6) is 0 Å². The molecule has 0 bridgehead atoms. The number of carbonyl (C=O) groups excluding carboxylic acids is 4. The molecule has 4 aromatic heterocycles. The molecule has 7 aromatic carbocycles. The molecule has 0 radical (unpaired) electrons. The number of likely N-dealkylation sites (N-methyl/N-ethyl adjacent to an activating group) is 8. The lowest BCUT2D eigenvalue weighted by Gasteiger charge is -2.49. The van der Waals surface area contributed by atoms with Crippen molar-refractivity contribution < 1.29 is 52.8 Å². The Balaban J connectivity index is 0.000000140. The summed E-state index contributed by atoms with van der Waals surface area (Å²) in [5, 5.41) is 34.2. The standard InChI is InChI=1S/3C20H19ClN6O3S.C19H24N6O3S/c3*1-26-16-11-23-20(24-12-7-9-13(10-8-12)31(22,29)30)25-18(16)27(2)17(19(26)28)14-5-3-4-6-15(14)21;1-24-15-12-21-18(22-13-6-8-14(9-7-13)29(20,27)28)23-16(15)25(2)19(17(24)26)10-4-3-5-11-19/h3*3-11,17H,1-2H3,(H2,22,29,30)(H,23,24,25);6-9,12H,3-5,10-11H2,1-2H3,(H2,20,27,28)(H,21,22,23)/t2*17-;;/m10../s1. The Morgan fingerprint density at radius 2 is 0.574 bits per heavy atom. The summed E-state index contributed by atoms with van der Waals surface area (Å²) < 4.78 is 91.3. The number of halogens is 3. The molecule has 11 aromatic rings. The molecule has 1 saturated carbocycles. The van der Waals surface area contributed by atoms with E-state index in [0.717, 1.165) is 32.1 Å². The van der Waals surface area contributed by atoms with Gasteiger partial charge in [0.15, 0.2) is 23.3 Å². The maximum atomic E-state index is 13.1. The van der Waals surface area contributed by atoms with Crippen LogP contribution in [0.15, 0.2) is 214 Å². The van der Waals surface area contributed by atoms with Crippen molar-refractivity contribution in [1.29, 1.82) is 0 Å². The molecule has 16 rings (SSSR count). The summed E-state index contributed by atoms with van der Waals surface area (Å²) in [5.41, 5.74) is 6.22. The normalized spacial score (nSPS) is 16.8. The number of nitrogens with one attached hydrogen (secondary N) is 4. The largest absolute Gasteiger partial charge is 0.343 e. The molecule has 0 saturated heterocycles. The third-order valence-corrected chi connectivity index (χ3v) is 25.8. The van der Waals surface area contributed by atoms with Crippen molar-refractivity contribution in [3.05, 3.63) is 226 Å². The van der Waals surface area contributed by atoms with Gasteiger partial charge in [-0.25, -0.2) is 74.2 Å². The van der Waals surface area contributed by atoms with Gasteiger partial charge in [-0.1, -0.05) is 109 Å². The van der Waals surface area contributed by atoms with Gasteiger partial charge in [0.05, 0.1) is 44.4 Å². The van der Waals surface area contributed by atoms with Gasteiger partial charge in [-0.3, -0.25) is 19.2 Å². The van der Waals surface area contributed by atoms with Crippen LogP contribution in [0, 0.1) is 0 Å². The summed E-state index contributed by atoms with van der Waals surface area (Å²) in [6.07, 6.45) is 11.1. The lowest BCUT2D eigenvalue weighted by atomic mass is 9.78. The van der Waals surface area contributed by atoms with Crippen molar-refractivity contribution in [3.8, 4) is 0 Å². The van der Waals surface area contributed by atoms with E-state index in [1.165, 1.54) is 63.2 Å². The minimum atomic E-state index is -3.77. The van der Waals surface area contributed by atoms with Gasteiger partial charge in [-0.15, -0.1) is 0 Å². The van der Waals surface area contributed by atoms with Crippen LogP contribution in [0.25, 0.3) is 0 Å². The van der Waals surface area contributed by atoms with E-state index in [9.17, 15) is 52.8 Å². The maximum Gasteiger partial charge on any atom is 0.254 e. The monoisotopic (exact) mass is 1790 g/mol. The average molecular weight is 1790 g/mol. The summed E-state index contributed by atoms with van der Waals surface area (Å²) in [6, 6.07) is 43.4.